The number of ether oxygens (including phenoxy) is 2. The van der Waals surface area contributed by atoms with Crippen LogP contribution in [0, 0.1) is 0 Å². The number of rotatable bonds is 9. The van der Waals surface area contributed by atoms with Crippen LogP contribution in [0.25, 0.3) is 0 Å². The second-order valence-corrected chi connectivity index (χ2v) is 4.19. The number of hydrazine groups is 1. The van der Waals surface area contributed by atoms with Crippen LogP contribution >= 0.6 is 0 Å². The van der Waals surface area contributed by atoms with E-state index in [2.05, 4.69) is 12.3 Å². The molecule has 0 spiro atoms. The monoisotopic (exact) mass is 266 g/mol. The summed E-state index contributed by atoms with van der Waals surface area (Å²) in [7, 11) is 0. The van der Waals surface area contributed by atoms with Gasteiger partial charge in [0.2, 0.25) is 0 Å². The van der Waals surface area contributed by atoms with Crippen LogP contribution in [0.1, 0.15) is 35.7 Å². The smallest absolute Gasteiger partial charge is 0.265 e. The largest absolute Gasteiger partial charge is 0.379 e. The highest BCUT2D eigenvalue weighted by Crippen LogP contribution is 2.06. The Bertz CT molecular complexity index is 383. The van der Waals surface area contributed by atoms with Crippen molar-refractivity contribution in [2.24, 2.45) is 5.84 Å². The molecule has 106 valence electrons. The summed E-state index contributed by atoms with van der Waals surface area (Å²) in [4.78, 5) is 11.3. The Morgan fingerprint density at radius 1 is 1.26 bits per heavy atom. The maximum Gasteiger partial charge on any atom is 0.265 e. The lowest BCUT2D eigenvalue weighted by molar-refractivity contribution is 0.0396. The molecule has 0 aliphatic carbocycles. The summed E-state index contributed by atoms with van der Waals surface area (Å²) in [5.41, 5.74) is 3.57. The van der Waals surface area contributed by atoms with Crippen molar-refractivity contribution in [3.05, 3.63) is 35.4 Å². The molecule has 1 aromatic carbocycles. The Balaban J connectivity index is 2.24. The van der Waals surface area contributed by atoms with E-state index >= 15 is 0 Å². The first kappa shape index (κ1) is 15.6. The summed E-state index contributed by atoms with van der Waals surface area (Å²) in [6, 6.07) is 7.19. The van der Waals surface area contributed by atoms with Crippen LogP contribution in [0.3, 0.4) is 0 Å². The second kappa shape index (κ2) is 9.49. The third kappa shape index (κ3) is 6.33. The Morgan fingerprint density at radius 2 is 2.05 bits per heavy atom. The molecule has 0 saturated carbocycles. The highest BCUT2D eigenvalue weighted by molar-refractivity contribution is 5.93. The number of nitrogens with one attached hydrogen (secondary N) is 1. The van der Waals surface area contributed by atoms with Crippen LogP contribution in [0.5, 0.6) is 0 Å². The Morgan fingerprint density at radius 3 is 2.79 bits per heavy atom. The number of carbonyl (C=O) groups is 1. The molecule has 0 atom stereocenters. The maximum atomic E-state index is 11.3. The van der Waals surface area contributed by atoms with Crippen molar-refractivity contribution >= 4 is 5.91 Å². The average molecular weight is 266 g/mol. The van der Waals surface area contributed by atoms with Crippen molar-refractivity contribution in [1.29, 1.82) is 0 Å². The fourth-order valence-corrected chi connectivity index (χ4v) is 1.54. The zero-order valence-electron chi connectivity index (χ0n) is 11.4. The zero-order chi connectivity index (χ0) is 13.9. The van der Waals surface area contributed by atoms with Gasteiger partial charge >= 0.3 is 0 Å². The fourth-order valence-electron chi connectivity index (χ4n) is 1.54. The minimum atomic E-state index is -0.301. The molecular formula is C14H22N2O3. The summed E-state index contributed by atoms with van der Waals surface area (Å²) in [5.74, 6) is 4.79. The Labute approximate surface area is 114 Å². The molecule has 1 rings (SSSR count). The molecule has 0 aromatic heterocycles. The van der Waals surface area contributed by atoms with Crippen LogP contribution < -0.4 is 11.3 Å². The number of hydrogen-bond acceptors (Lipinski definition) is 4. The van der Waals surface area contributed by atoms with Crippen molar-refractivity contribution in [2.45, 2.75) is 26.4 Å². The van der Waals surface area contributed by atoms with Gasteiger partial charge in [0.15, 0.2) is 0 Å². The van der Waals surface area contributed by atoms with Gasteiger partial charge < -0.3 is 9.47 Å². The van der Waals surface area contributed by atoms with Gasteiger partial charge in [-0.05, 0) is 24.1 Å². The van der Waals surface area contributed by atoms with E-state index in [4.69, 9.17) is 15.3 Å². The van der Waals surface area contributed by atoms with Gasteiger partial charge in [-0.2, -0.15) is 0 Å². The minimum absolute atomic E-state index is 0.301. The van der Waals surface area contributed by atoms with Crippen LogP contribution in [-0.2, 0) is 16.1 Å². The average Bonchev–Trinajstić information content (AvgIpc) is 2.46. The van der Waals surface area contributed by atoms with Crippen LogP contribution in [-0.4, -0.2) is 25.7 Å². The predicted octanol–water partition coefficient (Wildman–Crippen LogP) is 1.62. The SMILES string of the molecule is CCCCOCCOCc1cccc(C(=O)NN)c1. The number of hydrogen-bond donors (Lipinski definition) is 2. The number of nitrogen functional groups attached to an aromatic ring is 1. The first-order valence-electron chi connectivity index (χ1n) is 6.53. The lowest BCUT2D eigenvalue weighted by atomic mass is 10.1. The summed E-state index contributed by atoms with van der Waals surface area (Å²) in [5, 5.41) is 0. The van der Waals surface area contributed by atoms with Gasteiger partial charge in [0.25, 0.3) is 5.91 Å². The standard InChI is InChI=1S/C14H22N2O3/c1-2-3-7-18-8-9-19-11-12-5-4-6-13(10-12)14(17)16-15/h4-6,10H,2-3,7-9,11,15H2,1H3,(H,16,17). The molecule has 5 heteroatoms. The summed E-state index contributed by atoms with van der Waals surface area (Å²) < 4.78 is 10.9. The van der Waals surface area contributed by atoms with E-state index in [1.807, 2.05) is 6.07 Å². The summed E-state index contributed by atoms with van der Waals surface area (Å²) in [6.07, 6.45) is 2.22. The molecule has 0 unspecified atom stereocenters. The highest BCUT2D eigenvalue weighted by atomic mass is 16.5. The maximum absolute atomic E-state index is 11.3. The minimum Gasteiger partial charge on any atom is -0.379 e. The first-order chi connectivity index (χ1) is 9.27. The molecule has 0 aliphatic heterocycles. The third-order valence-corrected chi connectivity index (χ3v) is 2.60. The van der Waals surface area contributed by atoms with E-state index in [9.17, 15) is 4.79 Å². The van der Waals surface area contributed by atoms with Crippen molar-refractivity contribution < 1.29 is 14.3 Å². The Kier molecular flexibility index (Phi) is 7.81. The van der Waals surface area contributed by atoms with Crippen LogP contribution in [0.15, 0.2) is 24.3 Å². The van der Waals surface area contributed by atoms with E-state index in [-0.39, 0.29) is 5.91 Å². The van der Waals surface area contributed by atoms with Gasteiger partial charge in [-0.15, -0.1) is 0 Å². The van der Waals surface area contributed by atoms with Crippen molar-refractivity contribution in [2.75, 3.05) is 19.8 Å². The van der Waals surface area contributed by atoms with Gasteiger partial charge in [0.1, 0.15) is 0 Å². The molecule has 1 aromatic rings. The number of unbranched alkanes of at least 4 members (excludes halogenated alkanes) is 1. The van der Waals surface area contributed by atoms with Crippen LogP contribution in [0.2, 0.25) is 0 Å². The Hall–Kier alpha value is -1.43. The molecule has 0 radical (unpaired) electrons. The first-order valence-corrected chi connectivity index (χ1v) is 6.53. The predicted molar refractivity (Wildman–Crippen MR) is 73.5 cm³/mol. The molecule has 0 heterocycles. The molecule has 19 heavy (non-hydrogen) atoms. The van der Waals surface area contributed by atoms with E-state index in [1.54, 1.807) is 18.2 Å². The molecular weight excluding hydrogens is 244 g/mol. The molecule has 1 amide bonds. The lowest BCUT2D eigenvalue weighted by Gasteiger charge is -2.07. The number of benzene rings is 1. The van der Waals surface area contributed by atoms with Gasteiger partial charge in [0, 0.05) is 12.2 Å². The molecule has 0 saturated heterocycles. The summed E-state index contributed by atoms with van der Waals surface area (Å²) >= 11 is 0. The van der Waals surface area contributed by atoms with Crippen molar-refractivity contribution in [3.8, 4) is 0 Å². The number of amides is 1. The molecule has 0 bridgehead atoms. The molecule has 5 nitrogen and oxygen atoms in total. The van der Waals surface area contributed by atoms with Crippen molar-refractivity contribution in [1.82, 2.24) is 5.43 Å². The van der Waals surface area contributed by atoms with E-state index < -0.39 is 0 Å². The van der Waals surface area contributed by atoms with Gasteiger partial charge in [0.05, 0.1) is 19.8 Å². The summed E-state index contributed by atoms with van der Waals surface area (Å²) in [6.45, 7) is 4.53. The van der Waals surface area contributed by atoms with E-state index in [0.29, 0.717) is 25.4 Å². The number of nitrogens with two attached hydrogens (primary N) is 1. The second-order valence-electron chi connectivity index (χ2n) is 4.19. The van der Waals surface area contributed by atoms with Gasteiger partial charge in [-0.1, -0.05) is 25.5 Å². The lowest BCUT2D eigenvalue weighted by Crippen LogP contribution is -2.30. The zero-order valence-corrected chi connectivity index (χ0v) is 11.4. The van der Waals surface area contributed by atoms with Crippen LogP contribution in [0.4, 0.5) is 0 Å². The van der Waals surface area contributed by atoms with Gasteiger partial charge in [-0.25, -0.2) is 5.84 Å². The number of carbonyl (C=O) groups excluding carboxylic acids is 1. The van der Waals surface area contributed by atoms with Gasteiger partial charge in [-0.3, -0.25) is 10.2 Å². The fraction of sp³-hybridized carbons (Fsp3) is 0.500. The van der Waals surface area contributed by atoms with E-state index in [0.717, 1.165) is 25.0 Å². The van der Waals surface area contributed by atoms with Crippen molar-refractivity contribution in [3.63, 3.8) is 0 Å². The molecule has 0 fully saturated rings. The highest BCUT2D eigenvalue weighted by Gasteiger charge is 2.03. The third-order valence-electron chi connectivity index (χ3n) is 2.60. The molecule has 0 aliphatic rings. The van der Waals surface area contributed by atoms with E-state index in [1.165, 1.54) is 0 Å². The topological polar surface area (TPSA) is 73.6 Å². The normalized spacial score (nSPS) is 10.4. The quantitative estimate of drug-likeness (QED) is 0.308. The molecule has 3 N–H and O–H groups in total.